The standard InChI is InChI=1S/C29H36N2O5Si/c1-8-29-22(32)17-28(36-29,15-16-35-37(6,7)27(2,3)4)23-24(29)26(34)31(25(23)33)21-14-13-20(30-5)18-11-9-10-12-19(18)21/h9-14,22-24,32H,8,15-17H2,1-4,6-7H3/t22-,23+,24-,28?,29?/m1/s1. The van der Waals surface area contributed by atoms with E-state index in [9.17, 15) is 14.7 Å². The Morgan fingerprint density at radius 3 is 2.41 bits per heavy atom. The average Bonchev–Trinajstić information content (AvgIpc) is 3.40. The van der Waals surface area contributed by atoms with Crippen molar-refractivity contribution in [3.63, 3.8) is 0 Å². The van der Waals surface area contributed by atoms with Gasteiger partial charge in [-0.25, -0.2) is 9.74 Å². The number of fused-ring (bicyclic) bond motifs is 6. The Morgan fingerprint density at radius 1 is 1.14 bits per heavy atom. The molecule has 3 aliphatic heterocycles. The summed E-state index contributed by atoms with van der Waals surface area (Å²) in [7, 11) is -2.03. The van der Waals surface area contributed by atoms with Gasteiger partial charge in [0.2, 0.25) is 11.8 Å². The lowest BCUT2D eigenvalue weighted by Crippen LogP contribution is -2.51. The quantitative estimate of drug-likeness (QED) is 0.305. The molecule has 0 aromatic heterocycles. The molecule has 0 spiro atoms. The molecule has 2 amide bonds. The number of hydrogen-bond acceptors (Lipinski definition) is 5. The number of amides is 2. The number of rotatable bonds is 6. The van der Waals surface area contributed by atoms with Crippen molar-refractivity contribution < 1.29 is 23.9 Å². The van der Waals surface area contributed by atoms with Crippen molar-refractivity contribution in [1.82, 2.24) is 0 Å². The summed E-state index contributed by atoms with van der Waals surface area (Å²) >= 11 is 0. The largest absolute Gasteiger partial charge is 0.417 e. The van der Waals surface area contributed by atoms with Gasteiger partial charge in [-0.3, -0.25) is 9.59 Å². The van der Waals surface area contributed by atoms with Gasteiger partial charge in [0.05, 0.1) is 35.8 Å². The molecule has 8 heteroatoms. The van der Waals surface area contributed by atoms with Crippen molar-refractivity contribution >= 4 is 42.3 Å². The molecule has 3 saturated heterocycles. The second kappa shape index (κ2) is 8.47. The maximum Gasteiger partial charge on any atom is 0.240 e. The molecule has 7 nitrogen and oxygen atoms in total. The number of nitrogens with zero attached hydrogens (tertiary/aromatic N) is 2. The predicted molar refractivity (Wildman–Crippen MR) is 145 cm³/mol. The van der Waals surface area contributed by atoms with Crippen molar-refractivity contribution in [2.24, 2.45) is 11.8 Å². The van der Waals surface area contributed by atoms with Crippen LogP contribution in [0.2, 0.25) is 18.1 Å². The van der Waals surface area contributed by atoms with E-state index in [0.717, 1.165) is 0 Å². The van der Waals surface area contributed by atoms with Crippen LogP contribution in [-0.4, -0.2) is 49.2 Å². The number of carbonyl (C=O) groups is 2. The van der Waals surface area contributed by atoms with Crippen LogP contribution >= 0.6 is 0 Å². The molecule has 2 aromatic rings. The molecule has 3 fully saturated rings. The summed E-state index contributed by atoms with van der Waals surface area (Å²) in [5.41, 5.74) is -1.08. The van der Waals surface area contributed by atoms with Crippen LogP contribution in [0.25, 0.3) is 15.6 Å². The average molecular weight is 521 g/mol. The fourth-order valence-corrected chi connectivity index (χ4v) is 7.52. The molecule has 0 radical (unpaired) electrons. The first kappa shape index (κ1) is 26.1. The van der Waals surface area contributed by atoms with Crippen LogP contribution in [0.3, 0.4) is 0 Å². The second-order valence-electron chi connectivity index (χ2n) is 12.3. The number of anilines is 1. The minimum atomic E-state index is -2.03. The molecule has 37 heavy (non-hydrogen) atoms. The van der Waals surface area contributed by atoms with Gasteiger partial charge in [-0.2, -0.15) is 0 Å². The number of imide groups is 1. The number of aliphatic hydroxyl groups excluding tert-OH is 1. The van der Waals surface area contributed by atoms with Gasteiger partial charge in [-0.1, -0.05) is 58.0 Å². The fourth-order valence-electron chi connectivity index (χ4n) is 6.47. The number of hydrogen-bond donors (Lipinski definition) is 1. The van der Waals surface area contributed by atoms with E-state index in [4.69, 9.17) is 15.7 Å². The third-order valence-electron chi connectivity index (χ3n) is 9.48. The van der Waals surface area contributed by atoms with Gasteiger partial charge >= 0.3 is 0 Å². The summed E-state index contributed by atoms with van der Waals surface area (Å²) in [4.78, 5) is 33.1. The van der Waals surface area contributed by atoms with Gasteiger partial charge < -0.3 is 14.3 Å². The van der Waals surface area contributed by atoms with Crippen molar-refractivity contribution in [2.45, 2.75) is 82.4 Å². The normalized spacial score (nSPS) is 31.3. The van der Waals surface area contributed by atoms with E-state index in [1.165, 1.54) is 4.90 Å². The molecule has 5 atom stereocenters. The van der Waals surface area contributed by atoms with Gasteiger partial charge in [0, 0.05) is 13.0 Å². The monoisotopic (exact) mass is 520 g/mol. The second-order valence-corrected chi connectivity index (χ2v) is 17.1. The van der Waals surface area contributed by atoms with Gasteiger partial charge in [-0.15, -0.1) is 0 Å². The summed E-state index contributed by atoms with van der Waals surface area (Å²) in [5, 5.41) is 12.6. The van der Waals surface area contributed by atoms with Gasteiger partial charge in [-0.05, 0) is 47.8 Å². The van der Waals surface area contributed by atoms with E-state index in [1.807, 2.05) is 31.2 Å². The van der Waals surface area contributed by atoms with Gasteiger partial charge in [0.25, 0.3) is 0 Å². The lowest BCUT2D eigenvalue weighted by Gasteiger charge is -2.38. The Balaban J connectivity index is 1.54. The smallest absolute Gasteiger partial charge is 0.240 e. The van der Waals surface area contributed by atoms with E-state index >= 15 is 0 Å². The Labute approximate surface area is 219 Å². The topological polar surface area (TPSA) is 80.4 Å². The van der Waals surface area contributed by atoms with Crippen LogP contribution in [0.1, 0.15) is 47.0 Å². The van der Waals surface area contributed by atoms with Crippen LogP contribution < -0.4 is 4.90 Å². The minimum Gasteiger partial charge on any atom is -0.417 e. The molecule has 2 aromatic carbocycles. The maximum atomic E-state index is 14.1. The van der Waals surface area contributed by atoms with E-state index < -0.39 is 37.5 Å². The van der Waals surface area contributed by atoms with Gasteiger partial charge in [0.15, 0.2) is 14.0 Å². The highest BCUT2D eigenvalue weighted by Crippen LogP contribution is 2.64. The minimum absolute atomic E-state index is 0.0423. The van der Waals surface area contributed by atoms with Gasteiger partial charge in [0.1, 0.15) is 5.60 Å². The first-order valence-electron chi connectivity index (χ1n) is 13.1. The summed E-state index contributed by atoms with van der Waals surface area (Å²) < 4.78 is 13.1. The van der Waals surface area contributed by atoms with Crippen LogP contribution in [0, 0.1) is 18.4 Å². The highest BCUT2D eigenvalue weighted by Gasteiger charge is 2.77. The molecular weight excluding hydrogens is 484 g/mol. The number of carbonyl (C=O) groups excluding carboxylic acids is 2. The molecule has 0 saturated carbocycles. The first-order valence-corrected chi connectivity index (χ1v) is 16.0. The molecule has 196 valence electrons. The summed E-state index contributed by atoms with van der Waals surface area (Å²) in [5.74, 6) is -2.04. The van der Waals surface area contributed by atoms with Crippen molar-refractivity contribution in [2.75, 3.05) is 11.5 Å². The van der Waals surface area contributed by atoms with Crippen LogP contribution in [0.15, 0.2) is 36.4 Å². The zero-order valence-electron chi connectivity index (χ0n) is 22.5. The fraction of sp³-hybridized carbons (Fsp3) is 0.552. The molecule has 3 aliphatic rings. The number of aliphatic hydroxyl groups is 1. The maximum absolute atomic E-state index is 14.1. The lowest BCUT2D eigenvalue weighted by atomic mass is 9.64. The van der Waals surface area contributed by atoms with Crippen LogP contribution in [0.5, 0.6) is 0 Å². The third kappa shape index (κ3) is 3.55. The Morgan fingerprint density at radius 2 is 1.78 bits per heavy atom. The van der Waals surface area contributed by atoms with E-state index in [2.05, 4.69) is 38.7 Å². The molecular formula is C29H36N2O5Si. The van der Waals surface area contributed by atoms with Crippen LogP contribution in [0.4, 0.5) is 11.4 Å². The molecule has 3 heterocycles. The molecule has 2 bridgehead atoms. The Bertz CT molecular complexity index is 1330. The number of ether oxygens (including phenoxy) is 1. The third-order valence-corrected chi connectivity index (χ3v) is 14.0. The zero-order chi connectivity index (χ0) is 27.0. The highest BCUT2D eigenvalue weighted by atomic mass is 28.4. The zero-order valence-corrected chi connectivity index (χ0v) is 23.5. The summed E-state index contributed by atoms with van der Waals surface area (Å²) in [6.07, 6.45) is 0.367. The van der Waals surface area contributed by atoms with E-state index in [0.29, 0.717) is 48.0 Å². The summed E-state index contributed by atoms with van der Waals surface area (Å²) in [6.45, 7) is 20.8. The van der Waals surface area contributed by atoms with Crippen molar-refractivity contribution in [1.29, 1.82) is 0 Å². The molecule has 5 rings (SSSR count). The Hall–Kier alpha value is -2.57. The molecule has 1 N–H and O–H groups in total. The van der Waals surface area contributed by atoms with Crippen LogP contribution in [-0.2, 0) is 18.8 Å². The SMILES string of the molecule is [C-]#[N+]c1ccc(N2C(=O)[C@@H]3[C@H](C2=O)C2(CC)OC3(CCO[Si](C)(C)C(C)(C)C)C[C@H]2O)c2ccccc12. The van der Waals surface area contributed by atoms with E-state index in [1.54, 1.807) is 12.1 Å². The van der Waals surface area contributed by atoms with Crippen molar-refractivity contribution in [3.8, 4) is 0 Å². The first-order chi connectivity index (χ1) is 17.3. The molecule has 0 aliphatic carbocycles. The lowest BCUT2D eigenvalue weighted by molar-refractivity contribution is -0.137. The van der Waals surface area contributed by atoms with E-state index in [-0.39, 0.29) is 16.9 Å². The van der Waals surface area contributed by atoms with Crippen molar-refractivity contribution in [3.05, 3.63) is 47.8 Å². The number of benzene rings is 2. The highest BCUT2D eigenvalue weighted by molar-refractivity contribution is 6.74. The Kier molecular flexibility index (Phi) is 5.96. The molecule has 2 unspecified atom stereocenters. The summed E-state index contributed by atoms with van der Waals surface area (Å²) in [6, 6.07) is 10.7. The predicted octanol–water partition coefficient (Wildman–Crippen LogP) is 5.59.